The normalized spacial score (nSPS) is 14.4. The van der Waals surface area contributed by atoms with Crippen molar-refractivity contribution in [2.24, 2.45) is 11.1 Å². The second-order valence-electron chi connectivity index (χ2n) is 9.32. The van der Waals surface area contributed by atoms with Gasteiger partial charge >= 0.3 is 10.3 Å². The van der Waals surface area contributed by atoms with E-state index in [0.717, 1.165) is 5.92 Å². The molecule has 1 aliphatic rings. The van der Waals surface area contributed by atoms with Crippen molar-refractivity contribution in [1.29, 1.82) is 0 Å². The molecule has 0 spiro atoms. The number of hydrogen-bond donors (Lipinski definition) is 2. The lowest BCUT2D eigenvalue weighted by molar-refractivity contribution is 0.101. The van der Waals surface area contributed by atoms with Crippen LogP contribution in [-0.4, -0.2) is 49.7 Å². The largest absolute Gasteiger partial charge is 0.396 e. The van der Waals surface area contributed by atoms with E-state index in [-0.39, 0.29) is 32.8 Å². The monoisotopic (exact) mass is 567 g/mol. The average Bonchev–Trinajstić information content (AvgIpc) is 2.81. The Morgan fingerprint density at radius 2 is 1.76 bits per heavy atom. The van der Waals surface area contributed by atoms with Crippen LogP contribution in [0.25, 0.3) is 22.3 Å². The number of anilines is 1. The molecular weight excluding hydrogens is 537 g/mol. The molecular formula is C25H31Cl2N5O4S. The van der Waals surface area contributed by atoms with Crippen LogP contribution in [0, 0.1) is 5.92 Å². The smallest absolute Gasteiger partial charge is 0.380 e. The minimum Gasteiger partial charge on any atom is -0.396 e. The summed E-state index contributed by atoms with van der Waals surface area (Å²) in [5.74, 6) is 0.485. The second-order valence-corrected chi connectivity index (χ2v) is 11.3. The lowest BCUT2D eigenvalue weighted by Crippen LogP contribution is -2.23. The number of fused-ring (bicyclic) bond motifs is 1. The molecule has 0 unspecified atom stereocenters. The Kier molecular flexibility index (Phi) is 9.71. The predicted octanol–water partition coefficient (Wildman–Crippen LogP) is 5.10. The molecule has 0 radical (unpaired) electrons. The fourth-order valence-corrected chi connectivity index (χ4v) is 5.38. The molecule has 1 saturated carbocycles. The molecule has 4 N–H and O–H groups in total. The van der Waals surface area contributed by atoms with Crippen molar-refractivity contribution in [2.45, 2.75) is 39.0 Å². The van der Waals surface area contributed by atoms with Gasteiger partial charge in [0.05, 0.1) is 32.5 Å². The molecule has 0 bridgehead atoms. The zero-order chi connectivity index (χ0) is 27.3. The van der Waals surface area contributed by atoms with Gasteiger partial charge in [0.25, 0.3) is 0 Å². The fraction of sp³-hybridized carbons (Fsp3) is 0.400. The van der Waals surface area contributed by atoms with Gasteiger partial charge in [0, 0.05) is 18.3 Å². The van der Waals surface area contributed by atoms with Crippen LogP contribution >= 0.6 is 23.2 Å². The Morgan fingerprint density at radius 1 is 1.14 bits per heavy atom. The molecule has 1 aromatic carbocycles. The van der Waals surface area contributed by atoms with Gasteiger partial charge in [0.1, 0.15) is 5.52 Å². The van der Waals surface area contributed by atoms with Gasteiger partial charge in [-0.05, 0) is 64.0 Å². The van der Waals surface area contributed by atoms with Crippen molar-refractivity contribution in [3.63, 3.8) is 0 Å². The van der Waals surface area contributed by atoms with Crippen LogP contribution in [0.1, 0.15) is 49.4 Å². The number of aromatic nitrogens is 2. The molecule has 0 atom stereocenters. The predicted molar refractivity (Wildman–Crippen MR) is 148 cm³/mol. The topological polar surface area (TPSA) is 142 Å². The van der Waals surface area contributed by atoms with Gasteiger partial charge in [-0.25, -0.2) is 4.98 Å². The maximum Gasteiger partial charge on any atom is 0.380 e. The number of ketones is 1. The molecule has 2 heterocycles. The molecule has 0 aliphatic heterocycles. The summed E-state index contributed by atoms with van der Waals surface area (Å²) in [7, 11) is 0.0621. The zero-order valence-corrected chi connectivity index (χ0v) is 23.3. The van der Waals surface area contributed by atoms with E-state index in [1.165, 1.54) is 63.9 Å². The van der Waals surface area contributed by atoms with Gasteiger partial charge in [-0.3, -0.25) is 9.78 Å². The molecule has 9 nitrogen and oxygen atoms in total. The average molecular weight is 569 g/mol. The summed E-state index contributed by atoms with van der Waals surface area (Å²) in [4.78, 5) is 22.6. The van der Waals surface area contributed by atoms with Gasteiger partial charge < -0.3 is 14.8 Å². The van der Waals surface area contributed by atoms with Crippen LogP contribution in [-0.2, 0) is 10.3 Å². The van der Waals surface area contributed by atoms with Gasteiger partial charge in [-0.15, -0.1) is 0 Å². The molecule has 3 aromatic rings. The van der Waals surface area contributed by atoms with E-state index >= 15 is 0 Å². The van der Waals surface area contributed by atoms with Crippen molar-refractivity contribution in [3.05, 3.63) is 46.1 Å². The van der Waals surface area contributed by atoms with Gasteiger partial charge in [-0.1, -0.05) is 42.5 Å². The van der Waals surface area contributed by atoms with E-state index in [2.05, 4.69) is 33.1 Å². The van der Waals surface area contributed by atoms with Crippen LogP contribution in [0.5, 0.6) is 5.75 Å². The van der Waals surface area contributed by atoms with E-state index in [0.29, 0.717) is 22.3 Å². The van der Waals surface area contributed by atoms with E-state index in [1.54, 1.807) is 12.1 Å². The maximum absolute atomic E-state index is 11.6. The quantitative estimate of drug-likeness (QED) is 0.391. The number of Topliss-reactive ketones (excluding diaryl/α,β-unsaturated/α-hetero) is 1. The lowest BCUT2D eigenvalue weighted by Gasteiger charge is -2.24. The Morgan fingerprint density at radius 3 is 2.30 bits per heavy atom. The van der Waals surface area contributed by atoms with Crippen LogP contribution in [0.4, 0.5) is 5.69 Å². The van der Waals surface area contributed by atoms with Crippen molar-refractivity contribution in [3.8, 4) is 17.0 Å². The summed E-state index contributed by atoms with van der Waals surface area (Å²) in [6.07, 6.45) is 8.76. The van der Waals surface area contributed by atoms with E-state index < -0.39 is 10.3 Å². The first-order chi connectivity index (χ1) is 17.4. The van der Waals surface area contributed by atoms with Crippen LogP contribution in [0.3, 0.4) is 0 Å². The summed E-state index contributed by atoms with van der Waals surface area (Å²) in [5.41, 5.74) is 8.28. The number of benzene rings is 1. The van der Waals surface area contributed by atoms with E-state index in [1.807, 2.05) is 0 Å². The Bertz CT molecular complexity index is 1370. The first kappa shape index (κ1) is 29.1. The van der Waals surface area contributed by atoms with E-state index in [9.17, 15) is 13.2 Å². The standard InChI is InChI=1S/C16H12Cl2N4O4S.C9H19N/c1-7(23)9-6-21-13-3-2-12(22-15(13)14(9)19)8-4-10(17)16(11(18)5-8)26-27(20,24)25;1-10(2)8-9-6-4-3-5-7-9/h2-6H,1H3,(H2,19,21)(H2,20,24,25);9H,3-8H2,1-2H3. The number of nitrogens with zero attached hydrogens (tertiary/aromatic N) is 3. The number of hydrogen-bond acceptors (Lipinski definition) is 8. The number of rotatable bonds is 6. The SMILES string of the molecule is CC(=O)c1cnc2ccc(-c3cc(Cl)c(OS(N)(=O)=O)c(Cl)c3)nc2c1N.CN(C)CC1CCCCC1. The fourth-order valence-electron chi connectivity index (χ4n) is 4.32. The van der Waals surface area contributed by atoms with Crippen molar-refractivity contribution in [1.82, 2.24) is 14.9 Å². The third kappa shape index (κ3) is 7.99. The first-order valence-electron chi connectivity index (χ1n) is 11.8. The number of pyridine rings is 2. The van der Waals surface area contributed by atoms with E-state index in [4.69, 9.17) is 34.1 Å². The highest BCUT2D eigenvalue weighted by atomic mass is 35.5. The molecule has 2 aromatic heterocycles. The molecule has 12 heteroatoms. The molecule has 200 valence electrons. The van der Waals surface area contributed by atoms with Crippen LogP contribution < -0.4 is 15.1 Å². The molecule has 1 aliphatic carbocycles. The second kappa shape index (κ2) is 12.4. The minimum atomic E-state index is -4.29. The summed E-state index contributed by atoms with van der Waals surface area (Å²) in [6.45, 7) is 2.69. The number of carbonyl (C=O) groups is 1. The number of nitrogen functional groups attached to an aromatic ring is 1. The number of nitrogens with two attached hydrogens (primary N) is 2. The Hall–Kier alpha value is -2.50. The van der Waals surface area contributed by atoms with Gasteiger partial charge in [0.2, 0.25) is 0 Å². The van der Waals surface area contributed by atoms with Crippen molar-refractivity contribution >= 4 is 56.0 Å². The highest BCUT2D eigenvalue weighted by Gasteiger charge is 2.18. The zero-order valence-electron chi connectivity index (χ0n) is 21.0. The van der Waals surface area contributed by atoms with Crippen molar-refractivity contribution in [2.75, 3.05) is 26.4 Å². The maximum atomic E-state index is 11.6. The van der Waals surface area contributed by atoms with Gasteiger partial charge in [-0.2, -0.15) is 13.6 Å². The summed E-state index contributed by atoms with van der Waals surface area (Å²) >= 11 is 12.1. The highest BCUT2D eigenvalue weighted by Crippen LogP contribution is 2.38. The molecule has 1 fully saturated rings. The van der Waals surface area contributed by atoms with Crippen LogP contribution in [0.15, 0.2) is 30.5 Å². The summed E-state index contributed by atoms with van der Waals surface area (Å²) in [5, 5.41) is 4.70. The summed E-state index contributed by atoms with van der Waals surface area (Å²) < 4.78 is 26.8. The Labute approximate surface area is 227 Å². The number of halogens is 2. The third-order valence-corrected chi connectivity index (χ3v) is 6.93. The molecule has 0 saturated heterocycles. The van der Waals surface area contributed by atoms with Crippen LogP contribution in [0.2, 0.25) is 10.0 Å². The lowest BCUT2D eigenvalue weighted by atomic mass is 9.89. The van der Waals surface area contributed by atoms with Crippen molar-refractivity contribution < 1.29 is 17.4 Å². The third-order valence-electron chi connectivity index (χ3n) is 5.97. The highest BCUT2D eigenvalue weighted by molar-refractivity contribution is 7.84. The first-order valence-corrected chi connectivity index (χ1v) is 14.0. The summed E-state index contributed by atoms with van der Waals surface area (Å²) in [6, 6.07) is 6.17. The molecule has 37 heavy (non-hydrogen) atoms. The Balaban J connectivity index is 0.000000319. The molecule has 0 amide bonds. The van der Waals surface area contributed by atoms with Gasteiger partial charge in [0.15, 0.2) is 11.5 Å². The molecule has 4 rings (SSSR count). The number of carbonyl (C=O) groups excluding carboxylic acids is 1. The minimum absolute atomic E-state index is 0.0722.